The second kappa shape index (κ2) is 9.37. The first-order valence-electron chi connectivity index (χ1n) is 3.81. The Morgan fingerprint density at radius 2 is 1.75 bits per heavy atom. The number of halogens is 1. The van der Waals surface area contributed by atoms with Gasteiger partial charge in [-0.05, 0) is 22.6 Å². The second-order valence-electron chi connectivity index (χ2n) is 2.12. The Morgan fingerprint density at radius 3 is 2.25 bits per heavy atom. The standard InChI is InChI=1S/C7H14INO3/c8-7(10)1-3-11-5-6-12-4-2-9/h1-6,9H2. The summed E-state index contributed by atoms with van der Waals surface area (Å²) in [6.07, 6.45) is 0.470. The van der Waals surface area contributed by atoms with Gasteiger partial charge in [-0.15, -0.1) is 0 Å². The van der Waals surface area contributed by atoms with E-state index in [1.807, 2.05) is 0 Å². The molecule has 5 heteroatoms. The average Bonchev–Trinajstić information content (AvgIpc) is 2.02. The molecular formula is C7H14INO3. The predicted molar refractivity (Wildman–Crippen MR) is 54.3 cm³/mol. The number of hydrogen-bond donors (Lipinski definition) is 1. The lowest BCUT2D eigenvalue weighted by Crippen LogP contribution is -2.12. The van der Waals surface area contributed by atoms with Crippen molar-refractivity contribution in [2.75, 3.05) is 33.0 Å². The Labute approximate surface area is 85.9 Å². The fourth-order valence-corrected chi connectivity index (χ4v) is 0.778. The number of rotatable bonds is 8. The molecule has 0 aromatic carbocycles. The SMILES string of the molecule is NCCOCCOCCC(=O)I. The zero-order chi connectivity index (χ0) is 9.23. The van der Waals surface area contributed by atoms with Crippen LogP contribution in [0.4, 0.5) is 0 Å². The van der Waals surface area contributed by atoms with Gasteiger partial charge in [0.2, 0.25) is 0 Å². The number of ether oxygens (including phenoxy) is 2. The van der Waals surface area contributed by atoms with E-state index in [4.69, 9.17) is 15.2 Å². The van der Waals surface area contributed by atoms with Crippen LogP contribution in [0.15, 0.2) is 0 Å². The lowest BCUT2D eigenvalue weighted by molar-refractivity contribution is -0.110. The molecule has 0 radical (unpaired) electrons. The van der Waals surface area contributed by atoms with Gasteiger partial charge in [0.25, 0.3) is 0 Å². The number of hydrogen-bond acceptors (Lipinski definition) is 4. The maximum atomic E-state index is 10.4. The Hall–Kier alpha value is 0.280. The lowest BCUT2D eigenvalue weighted by atomic mass is 10.5. The Kier molecular flexibility index (Phi) is 9.59. The highest BCUT2D eigenvalue weighted by Crippen LogP contribution is 1.92. The van der Waals surface area contributed by atoms with Gasteiger partial charge in [-0.2, -0.15) is 0 Å². The molecule has 72 valence electrons. The summed E-state index contributed by atoms with van der Waals surface area (Å²) < 4.78 is 10.3. The maximum Gasteiger partial charge on any atom is 0.194 e. The molecule has 0 amide bonds. The van der Waals surface area contributed by atoms with Gasteiger partial charge < -0.3 is 15.2 Å². The zero-order valence-electron chi connectivity index (χ0n) is 6.92. The van der Waals surface area contributed by atoms with E-state index >= 15 is 0 Å². The zero-order valence-corrected chi connectivity index (χ0v) is 9.08. The minimum absolute atomic E-state index is 0.121. The molecule has 0 aliphatic carbocycles. The first-order chi connectivity index (χ1) is 5.77. The van der Waals surface area contributed by atoms with Gasteiger partial charge in [0.05, 0.1) is 26.4 Å². The quantitative estimate of drug-likeness (QED) is 0.397. The minimum atomic E-state index is 0.121. The normalized spacial score (nSPS) is 10.2. The molecule has 0 atom stereocenters. The topological polar surface area (TPSA) is 61.6 Å². The fraction of sp³-hybridized carbons (Fsp3) is 0.857. The van der Waals surface area contributed by atoms with E-state index in [1.54, 1.807) is 22.6 Å². The van der Waals surface area contributed by atoms with Crippen molar-refractivity contribution < 1.29 is 14.3 Å². The van der Waals surface area contributed by atoms with Crippen LogP contribution < -0.4 is 5.73 Å². The van der Waals surface area contributed by atoms with E-state index < -0.39 is 0 Å². The van der Waals surface area contributed by atoms with Gasteiger partial charge in [-0.25, -0.2) is 0 Å². The summed E-state index contributed by atoms with van der Waals surface area (Å²) in [7, 11) is 0. The molecule has 0 aliphatic rings. The van der Waals surface area contributed by atoms with Crippen molar-refractivity contribution in [2.24, 2.45) is 5.73 Å². The molecule has 0 aromatic rings. The van der Waals surface area contributed by atoms with Crippen molar-refractivity contribution in [2.45, 2.75) is 6.42 Å². The van der Waals surface area contributed by atoms with E-state index in [9.17, 15) is 4.79 Å². The maximum absolute atomic E-state index is 10.4. The van der Waals surface area contributed by atoms with E-state index in [1.165, 1.54) is 0 Å². The molecule has 0 saturated heterocycles. The second-order valence-corrected chi connectivity index (χ2v) is 3.32. The monoisotopic (exact) mass is 287 g/mol. The molecule has 0 aromatic heterocycles. The molecule has 12 heavy (non-hydrogen) atoms. The van der Waals surface area contributed by atoms with Gasteiger partial charge >= 0.3 is 0 Å². The van der Waals surface area contributed by atoms with Gasteiger partial charge in [0, 0.05) is 13.0 Å². The lowest BCUT2D eigenvalue weighted by Gasteiger charge is -2.02. The van der Waals surface area contributed by atoms with Crippen molar-refractivity contribution in [3.8, 4) is 0 Å². The number of carbonyl (C=O) groups excluding carboxylic acids is 1. The number of carbonyl (C=O) groups is 1. The largest absolute Gasteiger partial charge is 0.379 e. The van der Waals surface area contributed by atoms with Crippen molar-refractivity contribution in [3.63, 3.8) is 0 Å². The highest BCUT2D eigenvalue weighted by Gasteiger charge is 1.94. The molecule has 0 saturated carbocycles. The summed E-state index contributed by atoms with van der Waals surface area (Å²) >= 11 is 1.75. The molecule has 4 nitrogen and oxygen atoms in total. The van der Waals surface area contributed by atoms with Crippen LogP contribution in [0, 0.1) is 0 Å². The Bertz CT molecular complexity index is 121. The molecule has 0 bridgehead atoms. The molecule has 0 aliphatic heterocycles. The van der Waals surface area contributed by atoms with Crippen LogP contribution >= 0.6 is 22.6 Å². The molecule has 0 fully saturated rings. The van der Waals surface area contributed by atoms with Gasteiger partial charge in [-0.1, -0.05) is 0 Å². The van der Waals surface area contributed by atoms with E-state index in [2.05, 4.69) is 0 Å². The Balaban J connectivity index is 2.86. The van der Waals surface area contributed by atoms with Crippen LogP contribution in [0.3, 0.4) is 0 Å². The first kappa shape index (κ1) is 12.3. The van der Waals surface area contributed by atoms with Gasteiger partial charge in [0.15, 0.2) is 3.79 Å². The summed E-state index contributed by atoms with van der Waals surface area (Å²) in [5.41, 5.74) is 5.20. The minimum Gasteiger partial charge on any atom is -0.379 e. The summed E-state index contributed by atoms with van der Waals surface area (Å²) in [4.78, 5) is 10.4. The third-order valence-corrected chi connectivity index (χ3v) is 1.62. The summed E-state index contributed by atoms with van der Waals surface area (Å²) in [6.45, 7) is 2.66. The molecule has 0 rings (SSSR count). The van der Waals surface area contributed by atoms with E-state index in [0.29, 0.717) is 39.4 Å². The molecular weight excluding hydrogens is 273 g/mol. The van der Waals surface area contributed by atoms with Gasteiger partial charge in [0.1, 0.15) is 0 Å². The molecule has 0 heterocycles. The molecule has 0 spiro atoms. The highest BCUT2D eigenvalue weighted by molar-refractivity contribution is 14.1. The number of nitrogens with two attached hydrogens (primary N) is 1. The summed E-state index contributed by atoms with van der Waals surface area (Å²) in [6, 6.07) is 0. The molecule has 0 unspecified atom stereocenters. The van der Waals surface area contributed by atoms with Crippen LogP contribution in [0.2, 0.25) is 0 Å². The van der Waals surface area contributed by atoms with Crippen LogP contribution in [-0.2, 0) is 14.3 Å². The third-order valence-electron chi connectivity index (χ3n) is 1.08. The van der Waals surface area contributed by atoms with Crippen LogP contribution in [0.1, 0.15) is 6.42 Å². The Morgan fingerprint density at radius 1 is 1.17 bits per heavy atom. The van der Waals surface area contributed by atoms with Gasteiger partial charge in [-0.3, -0.25) is 4.79 Å². The average molecular weight is 287 g/mol. The smallest absolute Gasteiger partial charge is 0.194 e. The van der Waals surface area contributed by atoms with Crippen LogP contribution in [0.25, 0.3) is 0 Å². The summed E-state index contributed by atoms with van der Waals surface area (Å²) in [5.74, 6) is 0. The van der Waals surface area contributed by atoms with E-state index in [0.717, 1.165) is 0 Å². The van der Waals surface area contributed by atoms with Crippen molar-refractivity contribution in [1.82, 2.24) is 0 Å². The van der Waals surface area contributed by atoms with Crippen LogP contribution in [-0.4, -0.2) is 36.8 Å². The fourth-order valence-electron chi connectivity index (χ4n) is 0.558. The van der Waals surface area contributed by atoms with Crippen molar-refractivity contribution >= 4 is 26.4 Å². The first-order valence-corrected chi connectivity index (χ1v) is 4.89. The predicted octanol–water partition coefficient (Wildman–Crippen LogP) is 0.330. The highest BCUT2D eigenvalue weighted by atomic mass is 127. The molecule has 2 N–H and O–H groups in total. The summed E-state index contributed by atoms with van der Waals surface area (Å²) in [5, 5.41) is 0. The van der Waals surface area contributed by atoms with Crippen molar-refractivity contribution in [1.29, 1.82) is 0 Å². The van der Waals surface area contributed by atoms with Crippen molar-refractivity contribution in [3.05, 3.63) is 0 Å². The van der Waals surface area contributed by atoms with Crippen LogP contribution in [0.5, 0.6) is 0 Å². The van der Waals surface area contributed by atoms with E-state index in [-0.39, 0.29) is 3.79 Å². The third kappa shape index (κ3) is 10.3.